The first-order valence-electron chi connectivity index (χ1n) is 14.2. The standard InChI is InChI=1S/C32H36F6O2/c1-2-3-21-4-9-23(10-5-21)25-13-12-24(28(33)18-25)11-6-22-7-14-26(15-8-22)32(37,38)40-27-16-17-30(29(34)19-27)39-20-31(35)36/h6,11-13,16-23,26H,2-5,7-10,14-15H2,1H3. The third-order valence-electron chi connectivity index (χ3n) is 8.27. The third kappa shape index (κ3) is 8.07. The van der Waals surface area contributed by atoms with Gasteiger partial charge in [-0.3, -0.25) is 0 Å². The van der Waals surface area contributed by atoms with Crippen LogP contribution in [0.1, 0.15) is 88.2 Å². The van der Waals surface area contributed by atoms with Gasteiger partial charge in [0.15, 0.2) is 17.8 Å². The van der Waals surface area contributed by atoms with E-state index in [2.05, 4.69) is 11.7 Å². The first-order valence-corrected chi connectivity index (χ1v) is 14.2. The van der Waals surface area contributed by atoms with E-state index in [9.17, 15) is 26.3 Å². The molecule has 0 unspecified atom stereocenters. The second-order valence-electron chi connectivity index (χ2n) is 11.0. The Hall–Kier alpha value is -2.90. The Morgan fingerprint density at radius 2 is 1.62 bits per heavy atom. The number of ether oxygens (including phenoxy) is 2. The van der Waals surface area contributed by atoms with Crippen LogP contribution in [0.25, 0.3) is 6.08 Å². The fraction of sp³-hybridized carbons (Fsp3) is 0.500. The van der Waals surface area contributed by atoms with Crippen LogP contribution in [-0.4, -0.2) is 6.11 Å². The van der Waals surface area contributed by atoms with Gasteiger partial charge in [0.2, 0.25) is 0 Å². The molecule has 2 aromatic carbocycles. The minimum Gasteiger partial charge on any atom is -0.456 e. The first-order chi connectivity index (χ1) is 19.1. The molecule has 0 aliphatic heterocycles. The second-order valence-corrected chi connectivity index (χ2v) is 11.0. The molecule has 0 atom stereocenters. The number of allylic oxidation sites excluding steroid dienone is 1. The summed E-state index contributed by atoms with van der Waals surface area (Å²) in [6.07, 6.45) is 6.45. The highest BCUT2D eigenvalue weighted by atomic mass is 19.3. The van der Waals surface area contributed by atoms with Gasteiger partial charge >= 0.3 is 12.2 Å². The largest absolute Gasteiger partial charge is 0.456 e. The summed E-state index contributed by atoms with van der Waals surface area (Å²) in [7, 11) is 0. The van der Waals surface area contributed by atoms with Crippen LogP contribution in [-0.2, 0) is 0 Å². The zero-order valence-corrected chi connectivity index (χ0v) is 22.7. The molecular formula is C32H36F6O2. The van der Waals surface area contributed by atoms with Crippen molar-refractivity contribution >= 4 is 6.08 Å². The summed E-state index contributed by atoms with van der Waals surface area (Å²) in [5.41, 5.74) is 1.55. The zero-order chi connectivity index (χ0) is 28.7. The highest BCUT2D eigenvalue weighted by Crippen LogP contribution is 2.41. The van der Waals surface area contributed by atoms with E-state index in [4.69, 9.17) is 4.74 Å². The quantitative estimate of drug-likeness (QED) is 0.210. The molecule has 0 N–H and O–H groups in total. The monoisotopic (exact) mass is 566 g/mol. The van der Waals surface area contributed by atoms with Crippen molar-refractivity contribution in [1.29, 1.82) is 0 Å². The molecule has 2 aliphatic carbocycles. The van der Waals surface area contributed by atoms with Crippen molar-refractivity contribution in [3.63, 3.8) is 0 Å². The van der Waals surface area contributed by atoms with Gasteiger partial charge in [0.25, 0.3) is 0 Å². The van der Waals surface area contributed by atoms with Crippen molar-refractivity contribution < 1.29 is 35.8 Å². The van der Waals surface area contributed by atoms with E-state index in [-0.39, 0.29) is 30.8 Å². The van der Waals surface area contributed by atoms with Crippen LogP contribution < -0.4 is 9.47 Å². The fourth-order valence-electron chi connectivity index (χ4n) is 6.00. The Labute approximate surface area is 232 Å². The maximum absolute atomic E-state index is 14.9. The van der Waals surface area contributed by atoms with E-state index in [1.807, 2.05) is 18.2 Å². The minimum absolute atomic E-state index is 0.0396. The lowest BCUT2D eigenvalue weighted by molar-refractivity contribution is -0.223. The first kappa shape index (κ1) is 30.1. The summed E-state index contributed by atoms with van der Waals surface area (Å²) in [4.78, 5) is 0. The molecule has 0 spiro atoms. The molecule has 40 heavy (non-hydrogen) atoms. The van der Waals surface area contributed by atoms with Crippen molar-refractivity contribution in [2.45, 2.75) is 83.2 Å². The number of rotatable bonds is 10. The van der Waals surface area contributed by atoms with Crippen LogP contribution in [0.15, 0.2) is 54.8 Å². The molecule has 2 nitrogen and oxygen atoms in total. The Kier molecular flexibility index (Phi) is 10.3. The average Bonchev–Trinajstić information content (AvgIpc) is 2.92. The number of alkyl halides is 2. The van der Waals surface area contributed by atoms with Gasteiger partial charge < -0.3 is 9.47 Å². The Bertz CT molecular complexity index is 1170. The van der Waals surface area contributed by atoms with Crippen molar-refractivity contribution in [1.82, 2.24) is 0 Å². The van der Waals surface area contributed by atoms with E-state index in [1.54, 1.807) is 12.1 Å². The average molecular weight is 567 g/mol. The van der Waals surface area contributed by atoms with Crippen LogP contribution >= 0.6 is 0 Å². The van der Waals surface area contributed by atoms with E-state index >= 15 is 0 Å². The lowest BCUT2D eigenvalue weighted by Gasteiger charge is -2.32. The molecule has 0 radical (unpaired) electrons. The molecule has 218 valence electrons. The van der Waals surface area contributed by atoms with Gasteiger partial charge in [-0.1, -0.05) is 44.1 Å². The molecule has 2 fully saturated rings. The highest BCUT2D eigenvalue weighted by molar-refractivity contribution is 5.51. The zero-order valence-electron chi connectivity index (χ0n) is 22.7. The van der Waals surface area contributed by atoms with E-state index in [0.29, 0.717) is 30.4 Å². The van der Waals surface area contributed by atoms with Gasteiger partial charge in [0.05, 0.1) is 5.92 Å². The van der Waals surface area contributed by atoms with Crippen LogP contribution in [0.2, 0.25) is 0 Å². The van der Waals surface area contributed by atoms with Crippen LogP contribution in [0.5, 0.6) is 11.5 Å². The lowest BCUT2D eigenvalue weighted by Crippen LogP contribution is -2.37. The third-order valence-corrected chi connectivity index (χ3v) is 8.27. The highest BCUT2D eigenvalue weighted by Gasteiger charge is 2.43. The Morgan fingerprint density at radius 3 is 2.25 bits per heavy atom. The summed E-state index contributed by atoms with van der Waals surface area (Å²) in [5, 5.41) is 0. The molecule has 2 saturated carbocycles. The second kappa shape index (κ2) is 13.6. The van der Waals surface area contributed by atoms with E-state index < -0.39 is 35.4 Å². The van der Waals surface area contributed by atoms with Gasteiger partial charge in [-0.05, 0) is 92.9 Å². The molecule has 0 amide bonds. The minimum atomic E-state index is -3.54. The molecule has 4 rings (SSSR count). The van der Waals surface area contributed by atoms with Gasteiger partial charge in [-0.25, -0.2) is 8.78 Å². The molecule has 8 heteroatoms. The summed E-state index contributed by atoms with van der Waals surface area (Å²) < 4.78 is 92.0. The molecule has 2 aromatic rings. The number of benzene rings is 2. The Morgan fingerprint density at radius 1 is 0.900 bits per heavy atom. The molecular weight excluding hydrogens is 530 g/mol. The number of hydrogen-bond donors (Lipinski definition) is 0. The summed E-state index contributed by atoms with van der Waals surface area (Å²) in [5.74, 6) is -2.13. The smallest absolute Gasteiger partial charge is 0.400 e. The number of halogens is 6. The van der Waals surface area contributed by atoms with Crippen molar-refractivity contribution in [3.8, 4) is 11.5 Å². The summed E-state index contributed by atoms with van der Waals surface area (Å²) in [6.45, 7) is 2.22. The molecule has 0 heterocycles. The van der Waals surface area contributed by atoms with Gasteiger partial charge in [0.1, 0.15) is 11.6 Å². The molecule has 0 bridgehead atoms. The number of hydrogen-bond acceptors (Lipinski definition) is 2. The normalized spacial score (nSPS) is 23.7. The van der Waals surface area contributed by atoms with Gasteiger partial charge in [-0.2, -0.15) is 17.6 Å². The SMILES string of the molecule is CCCC1CCC(c2ccc(C=CC3CCC(C(F)(F)Oc4ccc(OC=C(F)F)c(F)c4)CC3)c(F)c2)CC1. The van der Waals surface area contributed by atoms with Crippen LogP contribution in [0, 0.1) is 29.4 Å². The lowest BCUT2D eigenvalue weighted by atomic mass is 9.77. The summed E-state index contributed by atoms with van der Waals surface area (Å²) >= 11 is 0. The van der Waals surface area contributed by atoms with E-state index in [0.717, 1.165) is 36.5 Å². The van der Waals surface area contributed by atoms with Crippen molar-refractivity contribution in [2.24, 2.45) is 17.8 Å². The fourth-order valence-corrected chi connectivity index (χ4v) is 6.00. The van der Waals surface area contributed by atoms with Crippen molar-refractivity contribution in [2.75, 3.05) is 0 Å². The van der Waals surface area contributed by atoms with Crippen LogP contribution in [0.3, 0.4) is 0 Å². The van der Waals surface area contributed by atoms with Crippen LogP contribution in [0.4, 0.5) is 26.3 Å². The maximum atomic E-state index is 14.9. The molecule has 0 aromatic heterocycles. The molecule has 0 saturated heterocycles. The maximum Gasteiger partial charge on any atom is 0.400 e. The topological polar surface area (TPSA) is 18.5 Å². The predicted molar refractivity (Wildman–Crippen MR) is 143 cm³/mol. The van der Waals surface area contributed by atoms with Gasteiger partial charge in [-0.15, -0.1) is 0 Å². The molecule has 2 aliphatic rings. The van der Waals surface area contributed by atoms with Gasteiger partial charge in [0, 0.05) is 11.6 Å². The predicted octanol–water partition coefficient (Wildman–Crippen LogP) is 10.6. The van der Waals surface area contributed by atoms with Crippen molar-refractivity contribution in [3.05, 3.63) is 77.6 Å². The van der Waals surface area contributed by atoms with E-state index in [1.165, 1.54) is 25.7 Å². The Balaban J connectivity index is 1.28. The summed E-state index contributed by atoms with van der Waals surface area (Å²) in [6, 6.07) is 8.15.